The van der Waals surface area contributed by atoms with Crippen LogP contribution in [0.4, 0.5) is 5.82 Å². The highest BCUT2D eigenvalue weighted by Gasteiger charge is 2.14. The molecule has 0 saturated heterocycles. The summed E-state index contributed by atoms with van der Waals surface area (Å²) in [7, 11) is 0. The molecule has 2 aromatic rings. The molecule has 0 amide bonds. The summed E-state index contributed by atoms with van der Waals surface area (Å²) in [6.45, 7) is 6.75. The summed E-state index contributed by atoms with van der Waals surface area (Å²) < 4.78 is 1.82. The first kappa shape index (κ1) is 12.9. The molecule has 0 bridgehead atoms. The van der Waals surface area contributed by atoms with Crippen LogP contribution in [0.25, 0.3) is 0 Å². The van der Waals surface area contributed by atoms with E-state index in [2.05, 4.69) is 24.2 Å². The average molecular weight is 265 g/mol. The molecule has 0 saturated carbocycles. The highest BCUT2D eigenvalue weighted by molar-refractivity contribution is 6.31. The highest BCUT2D eigenvalue weighted by atomic mass is 35.5. The second-order valence-corrected chi connectivity index (χ2v) is 5.17. The van der Waals surface area contributed by atoms with Crippen LogP contribution in [0.5, 0.6) is 0 Å². The zero-order valence-electron chi connectivity index (χ0n) is 10.8. The van der Waals surface area contributed by atoms with Crippen LogP contribution in [0, 0.1) is 6.92 Å². The molecule has 0 radical (unpaired) electrons. The largest absolute Gasteiger partial charge is 0.381 e. The molecule has 0 fully saturated rings. The third kappa shape index (κ3) is 2.48. The zero-order valence-corrected chi connectivity index (χ0v) is 11.6. The number of halogens is 1. The van der Waals surface area contributed by atoms with Gasteiger partial charge in [0.2, 0.25) is 0 Å². The fourth-order valence-corrected chi connectivity index (χ4v) is 2.28. The van der Waals surface area contributed by atoms with Crippen molar-refractivity contribution in [3.8, 4) is 0 Å². The Bertz CT molecular complexity index is 560. The maximum absolute atomic E-state index is 6.23. The number of benzene rings is 1. The molecule has 0 aliphatic carbocycles. The van der Waals surface area contributed by atoms with Gasteiger partial charge in [0.05, 0.1) is 12.2 Å². The lowest BCUT2D eigenvalue weighted by Gasteiger charge is -2.11. The lowest BCUT2D eigenvalue weighted by Crippen LogP contribution is -2.09. The first-order chi connectivity index (χ1) is 8.49. The molecule has 1 aromatic heterocycles. The van der Waals surface area contributed by atoms with Crippen molar-refractivity contribution < 1.29 is 0 Å². The lowest BCUT2D eigenvalue weighted by atomic mass is 10.1. The Labute approximate surface area is 112 Å². The van der Waals surface area contributed by atoms with Crippen molar-refractivity contribution in [1.29, 1.82) is 0 Å². The Morgan fingerprint density at radius 1 is 1.39 bits per heavy atom. The molecule has 1 aromatic carbocycles. The third-order valence-corrected chi connectivity index (χ3v) is 3.23. The number of nitrogens with two attached hydrogens (primary N) is 1. The minimum absolute atomic E-state index is 0.282. The number of aromatic nitrogens is 3. The molecular weight excluding hydrogens is 248 g/mol. The van der Waals surface area contributed by atoms with E-state index in [0.29, 0.717) is 12.4 Å². The smallest absolute Gasteiger partial charge is 0.169 e. The van der Waals surface area contributed by atoms with Gasteiger partial charge in [0.15, 0.2) is 5.82 Å². The van der Waals surface area contributed by atoms with E-state index in [0.717, 1.165) is 21.8 Å². The summed E-state index contributed by atoms with van der Waals surface area (Å²) >= 11 is 6.23. The fraction of sp³-hybridized carbons (Fsp3) is 0.385. The Hall–Kier alpha value is -1.55. The molecule has 0 spiro atoms. The van der Waals surface area contributed by atoms with Crippen LogP contribution in [0.1, 0.15) is 36.6 Å². The molecule has 0 aliphatic heterocycles. The molecule has 96 valence electrons. The monoisotopic (exact) mass is 264 g/mol. The number of anilines is 1. The molecule has 0 unspecified atom stereocenters. The number of aryl methyl sites for hydroxylation is 1. The standard InChI is InChI=1S/C13H17ClN4/c1-8(2)12-13(15)16-17-18(12)7-10-5-4-9(3)6-11(10)14/h4-6,8H,7,15H2,1-3H3. The van der Waals surface area contributed by atoms with E-state index in [1.54, 1.807) is 0 Å². The lowest BCUT2D eigenvalue weighted by molar-refractivity contribution is 0.598. The third-order valence-electron chi connectivity index (χ3n) is 2.88. The topological polar surface area (TPSA) is 56.7 Å². The second-order valence-electron chi connectivity index (χ2n) is 4.77. The molecule has 2 rings (SSSR count). The predicted octanol–water partition coefficient (Wildman–Crippen LogP) is 2.99. The Kier molecular flexibility index (Phi) is 3.57. The summed E-state index contributed by atoms with van der Waals surface area (Å²) in [5.74, 6) is 0.775. The van der Waals surface area contributed by atoms with Gasteiger partial charge in [-0.15, -0.1) is 5.10 Å². The molecule has 0 atom stereocenters. The summed E-state index contributed by atoms with van der Waals surface area (Å²) in [5, 5.41) is 8.76. The molecule has 18 heavy (non-hydrogen) atoms. The van der Waals surface area contributed by atoms with Crippen LogP contribution in [0.3, 0.4) is 0 Å². The van der Waals surface area contributed by atoms with Crippen molar-refractivity contribution in [2.24, 2.45) is 0 Å². The van der Waals surface area contributed by atoms with Gasteiger partial charge in [-0.3, -0.25) is 0 Å². The second kappa shape index (κ2) is 4.98. The summed E-state index contributed by atoms with van der Waals surface area (Å²) in [5.41, 5.74) is 8.95. The van der Waals surface area contributed by atoms with Gasteiger partial charge in [-0.25, -0.2) is 4.68 Å². The Morgan fingerprint density at radius 3 is 2.72 bits per heavy atom. The Balaban J connectivity index is 2.34. The van der Waals surface area contributed by atoms with E-state index >= 15 is 0 Å². The van der Waals surface area contributed by atoms with Gasteiger partial charge in [0.25, 0.3) is 0 Å². The van der Waals surface area contributed by atoms with Crippen molar-refractivity contribution in [2.45, 2.75) is 33.2 Å². The summed E-state index contributed by atoms with van der Waals surface area (Å²) in [6.07, 6.45) is 0. The summed E-state index contributed by atoms with van der Waals surface area (Å²) in [4.78, 5) is 0. The zero-order chi connectivity index (χ0) is 13.3. The van der Waals surface area contributed by atoms with Crippen LogP contribution in [0.15, 0.2) is 18.2 Å². The van der Waals surface area contributed by atoms with Crippen LogP contribution >= 0.6 is 11.6 Å². The molecule has 4 nitrogen and oxygen atoms in total. The van der Waals surface area contributed by atoms with Gasteiger partial charge < -0.3 is 5.73 Å². The SMILES string of the molecule is Cc1ccc(Cn2nnc(N)c2C(C)C)c(Cl)c1. The maximum atomic E-state index is 6.23. The highest BCUT2D eigenvalue weighted by Crippen LogP contribution is 2.23. The number of hydrogen-bond acceptors (Lipinski definition) is 3. The van der Waals surface area contributed by atoms with Gasteiger partial charge in [-0.05, 0) is 30.0 Å². The van der Waals surface area contributed by atoms with Gasteiger partial charge in [-0.2, -0.15) is 0 Å². The predicted molar refractivity (Wildman–Crippen MR) is 73.8 cm³/mol. The van der Waals surface area contributed by atoms with E-state index < -0.39 is 0 Å². The molecule has 1 heterocycles. The van der Waals surface area contributed by atoms with E-state index in [1.165, 1.54) is 0 Å². The Morgan fingerprint density at radius 2 is 2.11 bits per heavy atom. The van der Waals surface area contributed by atoms with Gasteiger partial charge in [0.1, 0.15) is 0 Å². The van der Waals surface area contributed by atoms with Crippen LogP contribution in [-0.4, -0.2) is 15.0 Å². The van der Waals surface area contributed by atoms with E-state index in [9.17, 15) is 0 Å². The van der Waals surface area contributed by atoms with Gasteiger partial charge >= 0.3 is 0 Å². The summed E-state index contributed by atoms with van der Waals surface area (Å²) in [6, 6.07) is 6.00. The van der Waals surface area contributed by atoms with E-state index in [1.807, 2.05) is 29.8 Å². The fourth-order valence-electron chi connectivity index (χ4n) is 1.99. The first-order valence-electron chi connectivity index (χ1n) is 5.93. The normalized spacial score (nSPS) is 11.2. The molecular formula is C13H17ClN4. The molecule has 2 N–H and O–H groups in total. The average Bonchev–Trinajstić information content (AvgIpc) is 2.64. The van der Waals surface area contributed by atoms with Crippen molar-refractivity contribution in [3.05, 3.63) is 40.0 Å². The van der Waals surface area contributed by atoms with Gasteiger partial charge in [0, 0.05) is 5.02 Å². The first-order valence-corrected chi connectivity index (χ1v) is 6.30. The van der Waals surface area contributed by atoms with E-state index in [-0.39, 0.29) is 5.92 Å². The van der Waals surface area contributed by atoms with Crippen molar-refractivity contribution in [3.63, 3.8) is 0 Å². The minimum Gasteiger partial charge on any atom is -0.381 e. The molecule has 0 aliphatic rings. The number of hydrogen-bond donors (Lipinski definition) is 1. The number of nitrogen functional groups attached to an aromatic ring is 1. The van der Waals surface area contributed by atoms with Crippen LogP contribution < -0.4 is 5.73 Å². The van der Waals surface area contributed by atoms with Crippen molar-refractivity contribution in [2.75, 3.05) is 5.73 Å². The quantitative estimate of drug-likeness (QED) is 0.927. The van der Waals surface area contributed by atoms with Crippen molar-refractivity contribution >= 4 is 17.4 Å². The van der Waals surface area contributed by atoms with Gasteiger partial charge in [-0.1, -0.05) is 42.8 Å². The number of rotatable bonds is 3. The van der Waals surface area contributed by atoms with Crippen LogP contribution in [0.2, 0.25) is 5.02 Å². The minimum atomic E-state index is 0.282. The maximum Gasteiger partial charge on any atom is 0.169 e. The van der Waals surface area contributed by atoms with Crippen molar-refractivity contribution in [1.82, 2.24) is 15.0 Å². The number of nitrogens with zero attached hydrogens (tertiary/aromatic N) is 3. The van der Waals surface area contributed by atoms with Crippen LogP contribution in [-0.2, 0) is 6.54 Å². The molecule has 5 heteroatoms. The van der Waals surface area contributed by atoms with E-state index in [4.69, 9.17) is 17.3 Å².